The van der Waals surface area contributed by atoms with Crippen LogP contribution in [0.1, 0.15) is 58.6 Å². The molecule has 0 fully saturated rings. The van der Waals surface area contributed by atoms with Gasteiger partial charge in [-0.15, -0.1) is 0 Å². The fraction of sp³-hybridized carbons (Fsp3) is 0.650. The Morgan fingerprint density at radius 3 is 2.65 bits per heavy atom. The Morgan fingerprint density at radius 1 is 1.22 bits per heavy atom. The van der Waals surface area contributed by atoms with Gasteiger partial charge >= 0.3 is 0 Å². The summed E-state index contributed by atoms with van der Waals surface area (Å²) in [5, 5.41) is 0.301. The molecule has 1 aliphatic carbocycles. The third-order valence-electron chi connectivity index (χ3n) is 5.35. The van der Waals surface area contributed by atoms with Crippen LogP contribution in [0.25, 0.3) is 0 Å². The van der Waals surface area contributed by atoms with Crippen molar-refractivity contribution in [3.63, 3.8) is 0 Å². The largest absolute Gasteiger partial charge is 0.414 e. The van der Waals surface area contributed by atoms with E-state index >= 15 is 0 Å². The first kappa shape index (κ1) is 18.4. The van der Waals surface area contributed by atoms with Gasteiger partial charge in [0.1, 0.15) is 0 Å². The molecule has 0 spiro atoms. The summed E-state index contributed by atoms with van der Waals surface area (Å²) in [7, 11) is -1.64. The molecule has 1 atom stereocenters. The third kappa shape index (κ3) is 5.57. The van der Waals surface area contributed by atoms with E-state index in [0.29, 0.717) is 11.1 Å². The van der Waals surface area contributed by atoms with Crippen molar-refractivity contribution in [2.45, 2.75) is 83.5 Å². The number of allylic oxidation sites excluding steroid dienone is 2. The van der Waals surface area contributed by atoms with Crippen LogP contribution in [-0.4, -0.2) is 19.4 Å². The maximum Gasteiger partial charge on any atom is 0.192 e. The molecule has 1 aromatic heterocycles. The molecule has 1 aliphatic rings. The molecule has 0 saturated carbocycles. The van der Waals surface area contributed by atoms with Gasteiger partial charge < -0.3 is 4.43 Å². The maximum absolute atomic E-state index is 6.63. The predicted molar refractivity (Wildman–Crippen MR) is 101 cm³/mol. The first-order valence-corrected chi connectivity index (χ1v) is 11.9. The Labute approximate surface area is 143 Å². The Morgan fingerprint density at radius 2 is 2.00 bits per heavy atom. The first-order valence-electron chi connectivity index (χ1n) is 9.03. The summed E-state index contributed by atoms with van der Waals surface area (Å²) in [6.45, 7) is 11.7. The average molecular weight is 332 g/mol. The maximum atomic E-state index is 6.63. The zero-order valence-corrected chi connectivity index (χ0v) is 16.6. The second kappa shape index (κ2) is 7.76. The lowest BCUT2D eigenvalue weighted by Gasteiger charge is -2.39. The molecule has 1 unspecified atom stereocenters. The van der Waals surface area contributed by atoms with E-state index in [2.05, 4.69) is 57.1 Å². The summed E-state index contributed by atoms with van der Waals surface area (Å²) in [5.74, 6) is 0. The van der Waals surface area contributed by atoms with Crippen molar-refractivity contribution < 1.29 is 4.43 Å². The number of aromatic nitrogens is 1. The van der Waals surface area contributed by atoms with Crippen molar-refractivity contribution in [1.82, 2.24) is 4.98 Å². The topological polar surface area (TPSA) is 22.1 Å². The number of pyridine rings is 1. The van der Waals surface area contributed by atoms with Crippen molar-refractivity contribution in [3.8, 4) is 0 Å². The summed E-state index contributed by atoms with van der Waals surface area (Å²) in [6, 6.07) is 6.19. The van der Waals surface area contributed by atoms with Crippen LogP contribution in [0, 0.1) is 0 Å². The monoisotopic (exact) mass is 331 g/mol. The highest BCUT2D eigenvalue weighted by Gasteiger charge is 2.38. The summed E-state index contributed by atoms with van der Waals surface area (Å²) in [4.78, 5) is 4.46. The minimum Gasteiger partial charge on any atom is -0.414 e. The minimum absolute atomic E-state index is 0.301. The Hall–Kier alpha value is -0.933. The average Bonchev–Trinajstić information content (AvgIpc) is 2.43. The van der Waals surface area contributed by atoms with Gasteiger partial charge in [0.15, 0.2) is 8.32 Å². The van der Waals surface area contributed by atoms with E-state index in [1.807, 2.05) is 12.3 Å². The molecule has 1 heterocycles. The molecule has 128 valence electrons. The van der Waals surface area contributed by atoms with Gasteiger partial charge in [0.25, 0.3) is 0 Å². The lowest BCUT2D eigenvalue weighted by atomic mass is 9.95. The molecule has 0 amide bonds. The van der Waals surface area contributed by atoms with Crippen molar-refractivity contribution >= 4 is 8.32 Å². The van der Waals surface area contributed by atoms with E-state index in [1.54, 1.807) is 5.57 Å². The molecule has 1 aromatic rings. The molecule has 0 saturated heterocycles. The SMILES string of the molecule is CC(C)(C)[Si](C)(C)OC1CC/C=C(/Cc2ccccn2)CCC1. The number of hydrogen-bond acceptors (Lipinski definition) is 2. The van der Waals surface area contributed by atoms with Gasteiger partial charge in [0, 0.05) is 24.4 Å². The quantitative estimate of drug-likeness (QED) is 0.506. The lowest BCUT2D eigenvalue weighted by molar-refractivity contribution is 0.158. The molecular formula is C20H33NOSi. The van der Waals surface area contributed by atoms with Crippen LogP contribution >= 0.6 is 0 Å². The van der Waals surface area contributed by atoms with Crippen LogP contribution in [0.15, 0.2) is 36.0 Å². The smallest absolute Gasteiger partial charge is 0.192 e. The highest BCUT2D eigenvalue weighted by atomic mass is 28.4. The van der Waals surface area contributed by atoms with E-state index in [4.69, 9.17) is 4.43 Å². The van der Waals surface area contributed by atoms with Gasteiger partial charge in [0.2, 0.25) is 0 Å². The molecule has 0 N–H and O–H groups in total. The molecule has 0 aliphatic heterocycles. The highest BCUT2D eigenvalue weighted by Crippen LogP contribution is 2.38. The molecule has 2 nitrogen and oxygen atoms in total. The summed E-state index contributed by atoms with van der Waals surface area (Å²) >= 11 is 0. The van der Waals surface area contributed by atoms with Crippen molar-refractivity contribution in [3.05, 3.63) is 41.7 Å². The van der Waals surface area contributed by atoms with E-state index < -0.39 is 8.32 Å². The van der Waals surface area contributed by atoms with Crippen LogP contribution in [0.5, 0.6) is 0 Å². The second-order valence-corrected chi connectivity index (χ2v) is 13.1. The third-order valence-corrected chi connectivity index (χ3v) is 9.88. The first-order chi connectivity index (χ1) is 10.8. The van der Waals surface area contributed by atoms with E-state index in [9.17, 15) is 0 Å². The van der Waals surface area contributed by atoms with Gasteiger partial charge in [-0.1, -0.05) is 38.5 Å². The van der Waals surface area contributed by atoms with Crippen LogP contribution < -0.4 is 0 Å². The van der Waals surface area contributed by atoms with Gasteiger partial charge in [-0.2, -0.15) is 0 Å². The van der Waals surface area contributed by atoms with E-state index in [1.165, 1.54) is 25.0 Å². The number of hydrogen-bond donors (Lipinski definition) is 0. The molecule has 0 bridgehead atoms. The minimum atomic E-state index is -1.64. The van der Waals surface area contributed by atoms with Gasteiger partial charge in [0.05, 0.1) is 0 Å². The molecular weight excluding hydrogens is 298 g/mol. The van der Waals surface area contributed by atoms with Crippen LogP contribution in [0.3, 0.4) is 0 Å². The van der Waals surface area contributed by atoms with E-state index in [-0.39, 0.29) is 0 Å². The van der Waals surface area contributed by atoms with E-state index in [0.717, 1.165) is 19.3 Å². The van der Waals surface area contributed by atoms with Crippen molar-refractivity contribution in [2.75, 3.05) is 0 Å². The second-order valence-electron chi connectivity index (χ2n) is 8.33. The zero-order valence-electron chi connectivity index (χ0n) is 15.6. The highest BCUT2D eigenvalue weighted by molar-refractivity contribution is 6.74. The number of nitrogens with zero attached hydrogens (tertiary/aromatic N) is 1. The van der Waals surface area contributed by atoms with Crippen LogP contribution in [0.4, 0.5) is 0 Å². The van der Waals surface area contributed by atoms with Crippen LogP contribution in [-0.2, 0) is 10.8 Å². The number of rotatable bonds is 4. The van der Waals surface area contributed by atoms with Crippen molar-refractivity contribution in [1.29, 1.82) is 0 Å². The standard InChI is InChI=1S/C20H33NOSi/c1-20(2,3)23(4,5)22-19-13-8-10-17(11-9-14-19)16-18-12-6-7-15-21-18/h6-7,10,12,15,19H,8-9,11,13-14,16H2,1-5H3/b17-10+. The van der Waals surface area contributed by atoms with Crippen molar-refractivity contribution in [2.24, 2.45) is 0 Å². The summed E-state index contributed by atoms with van der Waals surface area (Å²) < 4.78 is 6.63. The predicted octanol–water partition coefficient (Wildman–Crippen LogP) is 5.91. The van der Waals surface area contributed by atoms with Gasteiger partial charge in [-0.3, -0.25) is 4.98 Å². The molecule has 23 heavy (non-hydrogen) atoms. The normalized spacial score (nSPS) is 22.8. The summed E-state index contributed by atoms with van der Waals surface area (Å²) in [6.07, 6.45) is 11.7. The Bertz CT molecular complexity index is 516. The Balaban J connectivity index is 1.91. The molecule has 0 aromatic carbocycles. The fourth-order valence-corrected chi connectivity index (χ4v) is 4.31. The molecule has 2 rings (SSSR count). The fourth-order valence-electron chi connectivity index (χ4n) is 2.88. The molecule has 3 heteroatoms. The zero-order chi connectivity index (χ0) is 16.9. The van der Waals surface area contributed by atoms with Crippen LogP contribution in [0.2, 0.25) is 18.1 Å². The summed E-state index contributed by atoms with van der Waals surface area (Å²) in [5.41, 5.74) is 2.74. The Kier molecular flexibility index (Phi) is 6.21. The molecule has 0 radical (unpaired) electrons. The van der Waals surface area contributed by atoms with Gasteiger partial charge in [-0.05, 0) is 62.4 Å². The van der Waals surface area contributed by atoms with Gasteiger partial charge in [-0.25, -0.2) is 0 Å². The lowest BCUT2D eigenvalue weighted by Crippen LogP contribution is -2.44.